The molecule has 3 rings (SSSR count). The van der Waals surface area contributed by atoms with Crippen LogP contribution in [0.25, 0.3) is 0 Å². The third kappa shape index (κ3) is 8.06. The second-order valence-electron chi connectivity index (χ2n) is 9.40. The van der Waals surface area contributed by atoms with Crippen molar-refractivity contribution in [3.05, 3.63) is 66.0 Å². The van der Waals surface area contributed by atoms with Crippen molar-refractivity contribution in [2.24, 2.45) is 11.7 Å². The number of rotatable bonds is 12. The summed E-state index contributed by atoms with van der Waals surface area (Å²) in [5.74, 6) is -1.60. The fraction of sp³-hybridized carbons (Fsp3) is 0.462. The van der Waals surface area contributed by atoms with Gasteiger partial charge in [-0.1, -0.05) is 44.2 Å². The van der Waals surface area contributed by atoms with Gasteiger partial charge in [0, 0.05) is 43.3 Å². The van der Waals surface area contributed by atoms with Crippen molar-refractivity contribution >= 4 is 27.7 Å². The van der Waals surface area contributed by atoms with Crippen LogP contribution < -0.4 is 16.4 Å². The lowest BCUT2D eigenvalue weighted by Crippen LogP contribution is -2.52. The van der Waals surface area contributed by atoms with Gasteiger partial charge in [0.25, 0.3) is 10.2 Å². The Morgan fingerprint density at radius 2 is 1.70 bits per heavy atom. The van der Waals surface area contributed by atoms with Gasteiger partial charge in [-0.25, -0.2) is 4.39 Å². The molecule has 3 atom stereocenters. The van der Waals surface area contributed by atoms with E-state index in [1.54, 1.807) is 6.92 Å². The van der Waals surface area contributed by atoms with E-state index in [0.717, 1.165) is 5.56 Å². The van der Waals surface area contributed by atoms with E-state index in [0.29, 0.717) is 31.6 Å². The van der Waals surface area contributed by atoms with Crippen molar-refractivity contribution < 1.29 is 22.4 Å². The SMILES string of the molecule is CCCN1CCN(CC(=O)N[C@@H](Cc2ccccc2)[C@@H](N)C[C@@H](C)C(=O)Nc2ccc(F)cc2)S1(=O)=O. The van der Waals surface area contributed by atoms with Crippen LogP contribution in [-0.4, -0.2) is 67.1 Å². The number of carbonyl (C=O) groups is 2. The summed E-state index contributed by atoms with van der Waals surface area (Å²) in [5, 5.41) is 5.66. The molecule has 0 spiro atoms. The number of nitrogens with one attached hydrogen (secondary N) is 2. The minimum atomic E-state index is -3.66. The van der Waals surface area contributed by atoms with E-state index in [1.807, 2.05) is 37.3 Å². The maximum atomic E-state index is 13.1. The van der Waals surface area contributed by atoms with Crippen LogP contribution in [0.1, 0.15) is 32.3 Å². The highest BCUT2D eigenvalue weighted by Gasteiger charge is 2.37. The molecule has 0 saturated carbocycles. The summed E-state index contributed by atoms with van der Waals surface area (Å²) in [6.07, 6.45) is 1.39. The first-order valence-corrected chi connectivity index (χ1v) is 13.9. The van der Waals surface area contributed by atoms with Gasteiger partial charge < -0.3 is 16.4 Å². The normalized spacial score (nSPS) is 18.2. The van der Waals surface area contributed by atoms with Crippen LogP contribution in [0.15, 0.2) is 54.6 Å². The van der Waals surface area contributed by atoms with Gasteiger partial charge in [0.15, 0.2) is 0 Å². The Kier molecular flexibility index (Phi) is 10.2. The fourth-order valence-electron chi connectivity index (χ4n) is 4.32. The molecular weight excluding hydrogens is 497 g/mol. The molecule has 1 aliphatic heterocycles. The molecule has 0 aromatic heterocycles. The highest BCUT2D eigenvalue weighted by molar-refractivity contribution is 7.87. The van der Waals surface area contributed by atoms with Gasteiger partial charge >= 0.3 is 0 Å². The van der Waals surface area contributed by atoms with Gasteiger partial charge in [-0.2, -0.15) is 17.0 Å². The minimum absolute atomic E-state index is 0.256. The molecule has 1 saturated heterocycles. The number of benzene rings is 2. The Bertz CT molecular complexity index is 1150. The predicted molar refractivity (Wildman–Crippen MR) is 141 cm³/mol. The molecule has 2 amide bonds. The Morgan fingerprint density at radius 3 is 2.35 bits per heavy atom. The van der Waals surface area contributed by atoms with Gasteiger partial charge in [0.1, 0.15) is 5.82 Å². The topological polar surface area (TPSA) is 125 Å². The van der Waals surface area contributed by atoms with E-state index >= 15 is 0 Å². The number of carbonyl (C=O) groups excluding carboxylic acids is 2. The molecule has 11 heteroatoms. The van der Waals surface area contributed by atoms with E-state index in [-0.39, 0.29) is 25.4 Å². The average Bonchev–Trinajstić information content (AvgIpc) is 3.13. The lowest BCUT2D eigenvalue weighted by molar-refractivity contribution is -0.122. The summed E-state index contributed by atoms with van der Waals surface area (Å²) in [4.78, 5) is 25.6. The van der Waals surface area contributed by atoms with Crippen LogP contribution in [0.3, 0.4) is 0 Å². The zero-order valence-electron chi connectivity index (χ0n) is 21.3. The third-order valence-electron chi connectivity index (χ3n) is 6.39. The average molecular weight is 534 g/mol. The first-order chi connectivity index (χ1) is 17.6. The largest absolute Gasteiger partial charge is 0.350 e. The minimum Gasteiger partial charge on any atom is -0.350 e. The van der Waals surface area contributed by atoms with Crippen molar-refractivity contribution in [3.8, 4) is 0 Å². The summed E-state index contributed by atoms with van der Waals surface area (Å²) in [6, 6.07) is 13.9. The molecule has 1 fully saturated rings. The number of amides is 2. The smallest absolute Gasteiger partial charge is 0.282 e. The fourth-order valence-corrected chi connectivity index (χ4v) is 5.97. The lowest BCUT2D eigenvalue weighted by Gasteiger charge is -2.28. The molecule has 4 N–H and O–H groups in total. The van der Waals surface area contributed by atoms with Gasteiger partial charge in [-0.05, 0) is 49.1 Å². The zero-order valence-corrected chi connectivity index (χ0v) is 22.1. The number of anilines is 1. The van der Waals surface area contributed by atoms with Crippen LogP contribution in [0, 0.1) is 11.7 Å². The van der Waals surface area contributed by atoms with E-state index < -0.39 is 39.9 Å². The van der Waals surface area contributed by atoms with Gasteiger partial charge in [0.2, 0.25) is 11.8 Å². The van der Waals surface area contributed by atoms with E-state index in [1.165, 1.54) is 32.9 Å². The molecule has 1 aliphatic rings. The Hall–Kier alpha value is -2.86. The number of halogens is 1. The first-order valence-electron chi connectivity index (χ1n) is 12.5. The molecule has 1 heterocycles. The molecule has 37 heavy (non-hydrogen) atoms. The summed E-state index contributed by atoms with van der Waals surface area (Å²) in [7, 11) is -3.66. The molecular formula is C26H36FN5O4S. The monoisotopic (exact) mass is 533 g/mol. The molecule has 0 bridgehead atoms. The molecule has 0 unspecified atom stereocenters. The van der Waals surface area contributed by atoms with Gasteiger partial charge in [-0.3, -0.25) is 9.59 Å². The van der Waals surface area contributed by atoms with Crippen molar-refractivity contribution in [1.29, 1.82) is 0 Å². The zero-order chi connectivity index (χ0) is 27.0. The highest BCUT2D eigenvalue weighted by atomic mass is 32.2. The lowest BCUT2D eigenvalue weighted by atomic mass is 9.92. The number of nitrogens with zero attached hydrogens (tertiary/aromatic N) is 2. The summed E-state index contributed by atoms with van der Waals surface area (Å²) in [5.41, 5.74) is 7.93. The van der Waals surface area contributed by atoms with Crippen molar-refractivity contribution in [3.63, 3.8) is 0 Å². The molecule has 2 aromatic rings. The quantitative estimate of drug-likeness (QED) is 0.386. The molecule has 202 valence electrons. The van der Waals surface area contributed by atoms with E-state index in [2.05, 4.69) is 10.6 Å². The molecule has 0 aliphatic carbocycles. The van der Waals surface area contributed by atoms with Crippen molar-refractivity contribution in [1.82, 2.24) is 13.9 Å². The summed E-state index contributed by atoms with van der Waals surface area (Å²) >= 11 is 0. The highest BCUT2D eigenvalue weighted by Crippen LogP contribution is 2.18. The number of hydrogen-bond acceptors (Lipinski definition) is 5. The second-order valence-corrected chi connectivity index (χ2v) is 11.3. The van der Waals surface area contributed by atoms with Crippen molar-refractivity contribution in [2.75, 3.05) is 31.5 Å². The van der Waals surface area contributed by atoms with Gasteiger partial charge in [-0.15, -0.1) is 0 Å². The second kappa shape index (κ2) is 13.1. The maximum Gasteiger partial charge on any atom is 0.282 e. The van der Waals surface area contributed by atoms with Crippen LogP contribution >= 0.6 is 0 Å². The van der Waals surface area contributed by atoms with Crippen LogP contribution in [0.4, 0.5) is 10.1 Å². The molecule has 9 nitrogen and oxygen atoms in total. The third-order valence-corrected chi connectivity index (χ3v) is 8.37. The standard InChI is InChI=1S/C26H36FN5O4S/c1-3-13-31-14-15-32(37(31,35)36)18-25(33)30-24(17-20-7-5-4-6-8-20)23(28)16-19(2)26(34)29-22-11-9-21(27)10-12-22/h4-12,19,23-24H,3,13-18,28H2,1-2H3,(H,29,34)(H,30,33)/t19-,23+,24+/m1/s1. The Balaban J connectivity index is 1.65. The first kappa shape index (κ1) is 28.7. The predicted octanol–water partition coefficient (Wildman–Crippen LogP) is 2.12. The van der Waals surface area contributed by atoms with Crippen LogP contribution in [0.2, 0.25) is 0 Å². The number of nitrogens with two attached hydrogens (primary N) is 1. The molecule has 2 aromatic carbocycles. The number of hydrogen-bond donors (Lipinski definition) is 3. The summed E-state index contributed by atoms with van der Waals surface area (Å²) < 4.78 is 41.1. The summed E-state index contributed by atoms with van der Waals surface area (Å²) in [6.45, 7) is 4.38. The van der Waals surface area contributed by atoms with E-state index in [9.17, 15) is 22.4 Å². The Labute approximate surface area is 218 Å². The Morgan fingerprint density at radius 1 is 1.05 bits per heavy atom. The maximum absolute atomic E-state index is 13.1. The van der Waals surface area contributed by atoms with Gasteiger partial charge in [0.05, 0.1) is 6.54 Å². The van der Waals surface area contributed by atoms with Crippen molar-refractivity contribution in [2.45, 2.75) is 45.2 Å². The molecule has 0 radical (unpaired) electrons. The van der Waals surface area contributed by atoms with Crippen LogP contribution in [0.5, 0.6) is 0 Å². The van der Waals surface area contributed by atoms with E-state index in [4.69, 9.17) is 5.73 Å². The van der Waals surface area contributed by atoms with Crippen LogP contribution in [-0.2, 0) is 26.2 Å².